The van der Waals surface area contributed by atoms with Gasteiger partial charge in [0.05, 0.1) is 0 Å². The van der Waals surface area contributed by atoms with Crippen molar-refractivity contribution in [2.45, 2.75) is 39.5 Å². The maximum absolute atomic E-state index is 5.85. The lowest BCUT2D eigenvalue weighted by atomic mass is 10.0. The normalized spacial score (nSPS) is 11.7. The van der Waals surface area contributed by atoms with Gasteiger partial charge in [0.25, 0.3) is 0 Å². The average molecular weight is 192 g/mol. The first-order chi connectivity index (χ1) is 6.66. The van der Waals surface area contributed by atoms with E-state index < -0.39 is 0 Å². The molecule has 0 unspecified atom stereocenters. The fourth-order valence-corrected chi connectivity index (χ4v) is 1.50. The first-order valence-electron chi connectivity index (χ1n) is 5.30. The van der Waals surface area contributed by atoms with Gasteiger partial charge in [-0.1, -0.05) is 39.3 Å². The lowest BCUT2D eigenvalue weighted by Gasteiger charge is -2.03. The molecule has 0 amide bonds. The van der Waals surface area contributed by atoms with Crippen molar-refractivity contribution < 1.29 is 0 Å². The molecular weight excluding hydrogens is 172 g/mol. The van der Waals surface area contributed by atoms with E-state index in [0.717, 1.165) is 17.8 Å². The summed E-state index contributed by atoms with van der Waals surface area (Å²) in [4.78, 5) is 3.07. The zero-order valence-electron chi connectivity index (χ0n) is 9.30. The molecule has 2 heteroatoms. The van der Waals surface area contributed by atoms with Crippen LogP contribution in [0.3, 0.4) is 0 Å². The fourth-order valence-electron chi connectivity index (χ4n) is 1.50. The summed E-state index contributed by atoms with van der Waals surface area (Å²) in [5.41, 5.74) is 8.32. The molecule has 2 nitrogen and oxygen atoms in total. The van der Waals surface area contributed by atoms with Gasteiger partial charge in [0.15, 0.2) is 0 Å². The minimum absolute atomic E-state index is 0.518. The first kappa shape index (κ1) is 10.9. The van der Waals surface area contributed by atoms with Gasteiger partial charge in [0.2, 0.25) is 0 Å². The molecule has 78 valence electrons. The van der Waals surface area contributed by atoms with E-state index in [1.807, 2.05) is 6.20 Å². The Morgan fingerprint density at radius 3 is 2.79 bits per heavy atom. The number of anilines is 1. The fraction of sp³-hybridized carbons (Fsp3) is 0.500. The van der Waals surface area contributed by atoms with Crippen LogP contribution in [0.25, 0.3) is 6.08 Å². The summed E-state index contributed by atoms with van der Waals surface area (Å²) in [7, 11) is 0. The molecule has 0 spiro atoms. The number of rotatable bonds is 4. The number of nitrogens with one attached hydrogen (secondary N) is 1. The summed E-state index contributed by atoms with van der Waals surface area (Å²) in [6.07, 6.45) is 8.61. The third-order valence-electron chi connectivity index (χ3n) is 2.35. The van der Waals surface area contributed by atoms with Crippen LogP contribution in [-0.2, 0) is 0 Å². The molecule has 0 saturated heterocycles. The molecule has 0 atom stereocenters. The zero-order chi connectivity index (χ0) is 10.6. The molecule has 0 aliphatic carbocycles. The number of hydrogen-bond donors (Lipinski definition) is 2. The highest BCUT2D eigenvalue weighted by Gasteiger charge is 2.08. The Morgan fingerprint density at radius 1 is 1.50 bits per heavy atom. The predicted molar refractivity (Wildman–Crippen MR) is 63.2 cm³/mol. The number of nitrogen functional groups attached to an aromatic ring is 1. The van der Waals surface area contributed by atoms with Crippen molar-refractivity contribution in [1.82, 2.24) is 4.98 Å². The average Bonchev–Trinajstić information content (AvgIpc) is 2.48. The van der Waals surface area contributed by atoms with Gasteiger partial charge < -0.3 is 10.7 Å². The van der Waals surface area contributed by atoms with Crippen molar-refractivity contribution in [3.63, 3.8) is 0 Å². The molecule has 1 rings (SSSR count). The van der Waals surface area contributed by atoms with Crippen LogP contribution in [0.15, 0.2) is 12.3 Å². The van der Waals surface area contributed by atoms with Crippen molar-refractivity contribution in [3.8, 4) is 0 Å². The number of allylic oxidation sites excluding steroid dienone is 1. The van der Waals surface area contributed by atoms with Crippen LogP contribution in [0.4, 0.5) is 5.82 Å². The summed E-state index contributed by atoms with van der Waals surface area (Å²) >= 11 is 0. The Morgan fingerprint density at radius 2 is 2.21 bits per heavy atom. The zero-order valence-corrected chi connectivity index (χ0v) is 9.30. The molecule has 1 aromatic rings. The van der Waals surface area contributed by atoms with Crippen molar-refractivity contribution in [1.29, 1.82) is 0 Å². The highest BCUT2D eigenvalue weighted by atomic mass is 14.8. The number of aromatic amines is 1. The van der Waals surface area contributed by atoms with Crippen LogP contribution in [0.1, 0.15) is 50.7 Å². The molecule has 0 aliphatic rings. The van der Waals surface area contributed by atoms with E-state index in [2.05, 4.69) is 37.9 Å². The lowest BCUT2D eigenvalue weighted by molar-refractivity contribution is 0.866. The van der Waals surface area contributed by atoms with Gasteiger partial charge in [0.1, 0.15) is 5.82 Å². The van der Waals surface area contributed by atoms with Crippen LogP contribution in [0.2, 0.25) is 0 Å². The summed E-state index contributed by atoms with van der Waals surface area (Å²) in [5.74, 6) is 1.30. The van der Waals surface area contributed by atoms with Crippen molar-refractivity contribution in [3.05, 3.63) is 23.4 Å². The molecule has 0 bridgehead atoms. The molecule has 0 aromatic carbocycles. The van der Waals surface area contributed by atoms with Crippen LogP contribution >= 0.6 is 0 Å². The Kier molecular flexibility index (Phi) is 3.81. The van der Waals surface area contributed by atoms with Gasteiger partial charge in [0, 0.05) is 11.8 Å². The molecular formula is C12H20N2. The topological polar surface area (TPSA) is 41.8 Å². The second-order valence-corrected chi connectivity index (χ2v) is 3.92. The highest BCUT2D eigenvalue weighted by Crippen LogP contribution is 2.25. The Labute approximate surface area is 86.2 Å². The van der Waals surface area contributed by atoms with E-state index in [-0.39, 0.29) is 0 Å². The summed E-state index contributed by atoms with van der Waals surface area (Å²) < 4.78 is 0. The van der Waals surface area contributed by atoms with E-state index in [1.165, 1.54) is 12.0 Å². The molecule has 14 heavy (non-hydrogen) atoms. The van der Waals surface area contributed by atoms with E-state index >= 15 is 0 Å². The maximum atomic E-state index is 5.85. The molecule has 3 N–H and O–H groups in total. The van der Waals surface area contributed by atoms with Gasteiger partial charge >= 0.3 is 0 Å². The first-order valence-corrected chi connectivity index (χ1v) is 5.30. The smallest absolute Gasteiger partial charge is 0.108 e. The lowest BCUT2D eigenvalue weighted by Crippen LogP contribution is -1.90. The summed E-state index contributed by atoms with van der Waals surface area (Å²) in [5, 5.41) is 0. The molecule has 0 radical (unpaired) electrons. The van der Waals surface area contributed by atoms with Crippen molar-refractivity contribution in [2.75, 3.05) is 5.73 Å². The Hall–Kier alpha value is -1.18. The number of nitrogens with two attached hydrogens (primary N) is 1. The Balaban J connectivity index is 2.88. The van der Waals surface area contributed by atoms with Gasteiger partial charge in [-0.05, 0) is 17.9 Å². The maximum Gasteiger partial charge on any atom is 0.108 e. The number of unbranched alkanes of at least 4 members (excludes halogenated alkanes) is 1. The summed E-state index contributed by atoms with van der Waals surface area (Å²) in [6.45, 7) is 6.54. The standard InChI is InChI=1S/C12H20N2/c1-4-5-6-7-10-11(9(2)3)8-14-12(10)13/h6-9,14H,4-5,13H2,1-3H3/b7-6-. The minimum atomic E-state index is 0.518. The molecule has 1 heterocycles. The molecule has 0 saturated carbocycles. The van der Waals surface area contributed by atoms with E-state index in [9.17, 15) is 0 Å². The van der Waals surface area contributed by atoms with Crippen LogP contribution < -0.4 is 5.73 Å². The molecule has 0 fully saturated rings. The second kappa shape index (κ2) is 4.89. The Bertz CT molecular complexity index is 308. The van der Waals surface area contributed by atoms with Gasteiger partial charge in [-0.3, -0.25) is 0 Å². The summed E-state index contributed by atoms with van der Waals surface area (Å²) in [6, 6.07) is 0. The van der Waals surface area contributed by atoms with Crippen molar-refractivity contribution in [2.24, 2.45) is 0 Å². The number of H-pyrrole nitrogens is 1. The third-order valence-corrected chi connectivity index (χ3v) is 2.35. The van der Waals surface area contributed by atoms with Gasteiger partial charge in [-0.2, -0.15) is 0 Å². The second-order valence-electron chi connectivity index (χ2n) is 3.92. The number of hydrogen-bond acceptors (Lipinski definition) is 1. The van der Waals surface area contributed by atoms with Crippen molar-refractivity contribution >= 4 is 11.9 Å². The van der Waals surface area contributed by atoms with E-state index in [1.54, 1.807) is 0 Å². The highest BCUT2D eigenvalue weighted by molar-refractivity contribution is 5.65. The van der Waals surface area contributed by atoms with Gasteiger partial charge in [-0.25, -0.2) is 0 Å². The largest absolute Gasteiger partial charge is 0.385 e. The monoisotopic (exact) mass is 192 g/mol. The SMILES string of the molecule is CCC/C=C\c1c(C(C)C)c[nH]c1N. The van der Waals surface area contributed by atoms with Crippen LogP contribution in [0.5, 0.6) is 0 Å². The quantitative estimate of drug-likeness (QED) is 0.752. The van der Waals surface area contributed by atoms with E-state index in [0.29, 0.717) is 5.92 Å². The number of aromatic nitrogens is 1. The van der Waals surface area contributed by atoms with Crippen LogP contribution in [0, 0.1) is 0 Å². The molecule has 0 aliphatic heterocycles. The minimum Gasteiger partial charge on any atom is -0.385 e. The van der Waals surface area contributed by atoms with E-state index in [4.69, 9.17) is 5.73 Å². The predicted octanol–water partition coefficient (Wildman–Crippen LogP) is 3.53. The third kappa shape index (κ3) is 2.41. The van der Waals surface area contributed by atoms with Gasteiger partial charge in [-0.15, -0.1) is 0 Å². The molecule has 1 aromatic heterocycles. The van der Waals surface area contributed by atoms with Crippen LogP contribution in [-0.4, -0.2) is 4.98 Å².